The average Bonchev–Trinajstić information content (AvgIpc) is 2.86. The molecule has 172 valence electrons. The van der Waals surface area contributed by atoms with Crippen LogP contribution in [-0.4, -0.2) is 11.9 Å². The fourth-order valence-corrected chi connectivity index (χ4v) is 3.48. The molecule has 1 heterocycles. The van der Waals surface area contributed by atoms with E-state index >= 15 is 0 Å². The Morgan fingerprint density at radius 1 is 0.758 bits per heavy atom. The molecule has 6 nitrogen and oxygen atoms in total. The highest BCUT2D eigenvalue weighted by Gasteiger charge is 2.21. The molecule has 6 heteroatoms. The van der Waals surface area contributed by atoms with Crippen LogP contribution in [0.1, 0.15) is 70.1 Å². The van der Waals surface area contributed by atoms with Crippen molar-refractivity contribution in [2.75, 3.05) is 0 Å². The highest BCUT2D eigenvalue weighted by molar-refractivity contribution is 5.89. The Kier molecular flexibility index (Phi) is 8.58. The number of carbonyl (C=O) groups is 2. The van der Waals surface area contributed by atoms with E-state index in [2.05, 4.69) is 0 Å². The van der Waals surface area contributed by atoms with Gasteiger partial charge in [-0.25, -0.2) is 9.59 Å². The van der Waals surface area contributed by atoms with Crippen LogP contribution in [0.5, 0.6) is 0 Å². The second-order valence-corrected chi connectivity index (χ2v) is 7.58. The third kappa shape index (κ3) is 6.19. The second-order valence-electron chi connectivity index (χ2n) is 7.58. The van der Waals surface area contributed by atoms with E-state index in [1.165, 1.54) is 0 Å². The summed E-state index contributed by atoms with van der Waals surface area (Å²) in [5.41, 5.74) is 1.66. The number of rotatable bonds is 10. The molecule has 0 saturated heterocycles. The summed E-state index contributed by atoms with van der Waals surface area (Å²) in [6, 6.07) is 17.2. The van der Waals surface area contributed by atoms with E-state index in [0.29, 0.717) is 40.9 Å². The Labute approximate surface area is 193 Å². The maximum Gasteiger partial charge on any atom is 0.338 e. The molecule has 3 rings (SSSR count). The van der Waals surface area contributed by atoms with Crippen LogP contribution in [0.25, 0.3) is 0 Å². The van der Waals surface area contributed by atoms with Crippen molar-refractivity contribution >= 4 is 11.9 Å². The van der Waals surface area contributed by atoms with E-state index in [1.54, 1.807) is 48.5 Å². The smallest absolute Gasteiger partial charge is 0.338 e. The van der Waals surface area contributed by atoms with Crippen LogP contribution in [0.2, 0.25) is 0 Å². The molecule has 3 aromatic rings. The molecule has 0 radical (unpaired) electrons. The van der Waals surface area contributed by atoms with Gasteiger partial charge in [0.1, 0.15) is 24.7 Å². The van der Waals surface area contributed by atoms with Crippen LogP contribution in [0.3, 0.4) is 0 Å². The average molecular weight is 449 g/mol. The molecule has 0 N–H and O–H groups in total. The zero-order chi connectivity index (χ0) is 23.6. The summed E-state index contributed by atoms with van der Waals surface area (Å²) in [6.45, 7) is 3.54. The highest BCUT2D eigenvalue weighted by atomic mass is 16.6. The molecule has 0 saturated carbocycles. The van der Waals surface area contributed by atoms with Crippen molar-refractivity contribution in [2.45, 2.75) is 52.7 Å². The van der Waals surface area contributed by atoms with Crippen molar-refractivity contribution in [1.82, 2.24) is 0 Å². The van der Waals surface area contributed by atoms with Crippen molar-refractivity contribution in [3.05, 3.63) is 105 Å². The highest BCUT2D eigenvalue weighted by Crippen LogP contribution is 2.19. The summed E-state index contributed by atoms with van der Waals surface area (Å²) in [5.74, 6) is -0.442. The number of hydrogen-bond acceptors (Lipinski definition) is 6. The first-order valence-electron chi connectivity index (χ1n) is 11.2. The zero-order valence-electron chi connectivity index (χ0n) is 19.0. The summed E-state index contributed by atoms with van der Waals surface area (Å²) in [4.78, 5) is 38.0. The Morgan fingerprint density at radius 3 is 1.70 bits per heavy atom. The topological polar surface area (TPSA) is 82.8 Å². The van der Waals surface area contributed by atoms with E-state index in [9.17, 15) is 14.4 Å². The summed E-state index contributed by atoms with van der Waals surface area (Å²) in [6.07, 6.45) is 2.66. The first-order chi connectivity index (χ1) is 16.0. The quantitative estimate of drug-likeness (QED) is 0.394. The molecule has 33 heavy (non-hydrogen) atoms. The minimum atomic E-state index is -0.507. The normalized spacial score (nSPS) is 10.6. The molecular weight excluding hydrogens is 420 g/mol. The summed E-state index contributed by atoms with van der Waals surface area (Å²) in [5, 5.41) is 0. The zero-order valence-corrected chi connectivity index (χ0v) is 19.0. The molecule has 0 aliphatic carbocycles. The van der Waals surface area contributed by atoms with Crippen molar-refractivity contribution in [2.24, 2.45) is 0 Å². The fourth-order valence-electron chi connectivity index (χ4n) is 3.48. The van der Waals surface area contributed by atoms with Gasteiger partial charge in [-0.1, -0.05) is 56.7 Å². The van der Waals surface area contributed by atoms with Gasteiger partial charge in [0.25, 0.3) is 0 Å². The van der Waals surface area contributed by atoms with Gasteiger partial charge in [0, 0.05) is 11.1 Å². The fraction of sp³-hybridized carbons (Fsp3) is 0.296. The van der Waals surface area contributed by atoms with Crippen molar-refractivity contribution < 1.29 is 23.5 Å². The Balaban J connectivity index is 1.86. The molecular formula is C27H28O6. The van der Waals surface area contributed by atoms with Gasteiger partial charge < -0.3 is 13.9 Å². The Hall–Kier alpha value is -3.67. The summed E-state index contributed by atoms with van der Waals surface area (Å²) >= 11 is 0. The number of ether oxygens (including phenoxy) is 2. The van der Waals surface area contributed by atoms with Crippen LogP contribution >= 0.6 is 0 Å². The molecule has 1 aromatic heterocycles. The minimum absolute atomic E-state index is 0.145. The molecule has 0 spiro atoms. The van der Waals surface area contributed by atoms with Crippen LogP contribution in [0.4, 0.5) is 0 Å². The lowest BCUT2D eigenvalue weighted by Crippen LogP contribution is -2.21. The predicted molar refractivity (Wildman–Crippen MR) is 124 cm³/mol. The van der Waals surface area contributed by atoms with E-state index in [4.69, 9.17) is 13.9 Å². The van der Waals surface area contributed by atoms with Crippen LogP contribution in [0, 0.1) is 0 Å². The van der Waals surface area contributed by atoms with Crippen LogP contribution < -0.4 is 5.43 Å². The largest absolute Gasteiger partial charge is 0.458 e. The first kappa shape index (κ1) is 24.0. The lowest BCUT2D eigenvalue weighted by atomic mass is 10.0. The molecule has 0 aliphatic rings. The Morgan fingerprint density at radius 2 is 1.24 bits per heavy atom. The van der Waals surface area contributed by atoms with Gasteiger partial charge in [-0.3, -0.25) is 4.79 Å². The summed E-state index contributed by atoms with van der Waals surface area (Å²) < 4.78 is 16.9. The Bertz CT molecular complexity index is 1130. The van der Waals surface area contributed by atoms with Gasteiger partial charge in [-0.05, 0) is 43.5 Å². The van der Waals surface area contributed by atoms with Gasteiger partial charge in [-0.2, -0.15) is 0 Å². The lowest BCUT2D eigenvalue weighted by Gasteiger charge is -2.14. The van der Waals surface area contributed by atoms with Crippen molar-refractivity contribution in [1.29, 1.82) is 0 Å². The van der Waals surface area contributed by atoms with Crippen molar-refractivity contribution in [3.8, 4) is 0 Å². The predicted octanol–water partition coefficient (Wildman–Crippen LogP) is 5.26. The van der Waals surface area contributed by atoms with E-state index in [-0.39, 0.29) is 24.4 Å². The molecule has 0 aliphatic heterocycles. The number of benzene rings is 2. The minimum Gasteiger partial charge on any atom is -0.458 e. The van der Waals surface area contributed by atoms with E-state index in [1.807, 2.05) is 26.0 Å². The van der Waals surface area contributed by atoms with Gasteiger partial charge in [0.15, 0.2) is 5.43 Å². The lowest BCUT2D eigenvalue weighted by molar-refractivity contribution is 0.0405. The molecule has 0 unspecified atom stereocenters. The summed E-state index contributed by atoms with van der Waals surface area (Å²) in [7, 11) is 0. The molecule has 0 bridgehead atoms. The van der Waals surface area contributed by atoms with Crippen molar-refractivity contribution in [3.63, 3.8) is 0 Å². The first-order valence-corrected chi connectivity index (χ1v) is 11.2. The maximum absolute atomic E-state index is 13.2. The number of unbranched alkanes of at least 4 members (excludes halogenated alkanes) is 1. The maximum atomic E-state index is 13.2. The number of carbonyl (C=O) groups excluding carboxylic acids is 2. The van der Waals surface area contributed by atoms with Gasteiger partial charge in [0.2, 0.25) is 0 Å². The third-order valence-corrected chi connectivity index (χ3v) is 5.29. The second kappa shape index (κ2) is 11.8. The SMILES string of the molecule is CCCCc1c(COC(=O)c2ccccc2)oc(COC(=O)c2ccccc2)c(CC)c1=O. The van der Waals surface area contributed by atoms with E-state index < -0.39 is 11.9 Å². The number of hydrogen-bond donors (Lipinski definition) is 0. The number of esters is 2. The standard InChI is InChI=1S/C27H28O6/c1-3-5-16-22-24(18-32-27(30)20-14-10-7-11-15-20)33-23(21(4-2)25(22)28)17-31-26(29)19-12-8-6-9-13-19/h6-15H,3-5,16-18H2,1-2H3. The van der Waals surface area contributed by atoms with Crippen LogP contribution in [-0.2, 0) is 35.5 Å². The third-order valence-electron chi connectivity index (χ3n) is 5.29. The molecule has 0 amide bonds. The molecule has 2 aromatic carbocycles. The molecule has 0 atom stereocenters. The van der Waals surface area contributed by atoms with E-state index in [0.717, 1.165) is 12.8 Å². The van der Waals surface area contributed by atoms with Gasteiger partial charge in [-0.15, -0.1) is 0 Å². The van der Waals surface area contributed by atoms with Gasteiger partial charge >= 0.3 is 11.9 Å². The monoisotopic (exact) mass is 448 g/mol. The molecule has 0 fully saturated rings. The van der Waals surface area contributed by atoms with Gasteiger partial charge in [0.05, 0.1) is 11.1 Å². The van der Waals surface area contributed by atoms with Crippen LogP contribution in [0.15, 0.2) is 69.9 Å².